The topological polar surface area (TPSA) is 68.9 Å². The highest BCUT2D eigenvalue weighted by atomic mass is 32.2. The average Bonchev–Trinajstić information content (AvgIpc) is 2.89. The van der Waals surface area contributed by atoms with E-state index in [2.05, 4.69) is 30.7 Å². The minimum Gasteiger partial charge on any atom is -0.383 e. The lowest BCUT2D eigenvalue weighted by Gasteiger charge is -2.33. The SMILES string of the molecule is CCC(=O)CSc1nc(N)c2c3c(sc2n1)CC(C(C)(C)C)CC3. The summed E-state index contributed by atoms with van der Waals surface area (Å²) in [5, 5.41) is 1.67. The number of nitrogens with two attached hydrogens (primary N) is 1. The van der Waals surface area contributed by atoms with E-state index < -0.39 is 0 Å². The van der Waals surface area contributed by atoms with Gasteiger partial charge in [0.2, 0.25) is 0 Å². The van der Waals surface area contributed by atoms with Crippen molar-refractivity contribution in [2.24, 2.45) is 11.3 Å². The molecule has 2 aromatic rings. The lowest BCUT2D eigenvalue weighted by Crippen LogP contribution is -2.26. The fourth-order valence-corrected chi connectivity index (χ4v) is 5.41. The van der Waals surface area contributed by atoms with Crippen molar-refractivity contribution in [2.75, 3.05) is 11.5 Å². The van der Waals surface area contributed by atoms with E-state index in [4.69, 9.17) is 5.73 Å². The van der Waals surface area contributed by atoms with Crippen LogP contribution >= 0.6 is 23.1 Å². The Morgan fingerprint density at radius 3 is 2.79 bits per heavy atom. The third-order valence-electron chi connectivity index (χ3n) is 4.90. The van der Waals surface area contributed by atoms with Crippen LogP contribution in [-0.4, -0.2) is 21.5 Å². The number of carbonyl (C=O) groups is 1. The van der Waals surface area contributed by atoms with E-state index in [1.807, 2.05) is 6.92 Å². The molecule has 0 amide bonds. The van der Waals surface area contributed by atoms with E-state index in [0.717, 1.165) is 23.1 Å². The van der Waals surface area contributed by atoms with Crippen LogP contribution in [0.4, 0.5) is 5.82 Å². The number of thiophene rings is 1. The fraction of sp³-hybridized carbons (Fsp3) is 0.611. The van der Waals surface area contributed by atoms with Gasteiger partial charge in [-0.25, -0.2) is 9.97 Å². The minimum absolute atomic E-state index is 0.209. The van der Waals surface area contributed by atoms with Crippen LogP contribution in [0.2, 0.25) is 0 Å². The summed E-state index contributed by atoms with van der Waals surface area (Å²) in [6, 6.07) is 0. The summed E-state index contributed by atoms with van der Waals surface area (Å²) < 4.78 is 0. The zero-order valence-electron chi connectivity index (χ0n) is 14.8. The highest BCUT2D eigenvalue weighted by molar-refractivity contribution is 7.99. The molecule has 2 N–H and O–H groups in total. The van der Waals surface area contributed by atoms with Crippen LogP contribution in [0.3, 0.4) is 0 Å². The third-order valence-corrected chi connectivity index (χ3v) is 6.95. The standard InChI is InChI=1S/C18H25N3OS2/c1-5-11(22)9-23-17-20-15(19)14-12-7-6-10(18(2,3)4)8-13(12)24-16(14)21-17/h10H,5-9H2,1-4H3,(H2,19,20,21). The van der Waals surface area contributed by atoms with E-state index in [1.165, 1.54) is 28.6 Å². The molecule has 1 atom stereocenters. The average molecular weight is 364 g/mol. The zero-order valence-corrected chi connectivity index (χ0v) is 16.4. The zero-order chi connectivity index (χ0) is 17.5. The molecule has 130 valence electrons. The molecular formula is C18H25N3OS2. The lowest BCUT2D eigenvalue weighted by atomic mass is 9.72. The molecule has 24 heavy (non-hydrogen) atoms. The molecule has 2 aromatic heterocycles. The Hall–Kier alpha value is -1.14. The van der Waals surface area contributed by atoms with Crippen LogP contribution in [0.1, 0.15) is 51.0 Å². The summed E-state index contributed by atoms with van der Waals surface area (Å²) in [6.07, 6.45) is 3.91. The van der Waals surface area contributed by atoms with Crippen LogP contribution in [0.5, 0.6) is 0 Å². The Morgan fingerprint density at radius 2 is 2.12 bits per heavy atom. The maximum atomic E-state index is 11.5. The van der Waals surface area contributed by atoms with Crippen molar-refractivity contribution in [2.45, 2.75) is 58.5 Å². The van der Waals surface area contributed by atoms with Gasteiger partial charge in [0, 0.05) is 11.3 Å². The Balaban J connectivity index is 1.92. The Bertz CT molecular complexity index is 777. The molecular weight excluding hydrogens is 338 g/mol. The minimum atomic E-state index is 0.209. The number of Topliss-reactive ketones (excluding diaryl/α,β-unsaturated/α-hetero) is 1. The number of rotatable bonds is 4. The number of nitrogens with zero attached hydrogens (tertiary/aromatic N) is 2. The highest BCUT2D eigenvalue weighted by Gasteiger charge is 2.31. The fourth-order valence-electron chi connectivity index (χ4n) is 3.24. The van der Waals surface area contributed by atoms with Crippen molar-refractivity contribution in [1.82, 2.24) is 9.97 Å². The van der Waals surface area contributed by atoms with Gasteiger partial charge in [-0.05, 0) is 36.2 Å². The Labute approximate surface area is 151 Å². The molecule has 0 saturated carbocycles. The number of ketones is 1. The van der Waals surface area contributed by atoms with Gasteiger partial charge in [-0.2, -0.15) is 0 Å². The van der Waals surface area contributed by atoms with Gasteiger partial charge in [-0.1, -0.05) is 39.5 Å². The molecule has 0 spiro atoms. The van der Waals surface area contributed by atoms with Crippen molar-refractivity contribution >= 4 is 44.9 Å². The van der Waals surface area contributed by atoms with Crippen LogP contribution in [0.15, 0.2) is 5.16 Å². The highest BCUT2D eigenvalue weighted by Crippen LogP contribution is 2.44. The second-order valence-electron chi connectivity index (χ2n) is 7.56. The predicted octanol–water partition coefficient (Wildman–Crippen LogP) is 4.50. The van der Waals surface area contributed by atoms with Gasteiger partial charge in [0.25, 0.3) is 0 Å². The maximum Gasteiger partial charge on any atom is 0.191 e. The van der Waals surface area contributed by atoms with E-state index in [-0.39, 0.29) is 5.78 Å². The summed E-state index contributed by atoms with van der Waals surface area (Å²) in [5.41, 5.74) is 7.92. The molecule has 4 nitrogen and oxygen atoms in total. The van der Waals surface area contributed by atoms with Crippen molar-refractivity contribution in [3.8, 4) is 0 Å². The molecule has 0 aliphatic heterocycles. The number of carbonyl (C=O) groups excluding carboxylic acids is 1. The smallest absolute Gasteiger partial charge is 0.191 e. The molecule has 0 fully saturated rings. The van der Waals surface area contributed by atoms with Gasteiger partial charge in [-0.3, -0.25) is 4.79 Å². The lowest BCUT2D eigenvalue weighted by molar-refractivity contribution is -0.116. The molecule has 6 heteroatoms. The first-order chi connectivity index (χ1) is 11.3. The van der Waals surface area contributed by atoms with Gasteiger partial charge in [0.1, 0.15) is 16.4 Å². The monoisotopic (exact) mass is 363 g/mol. The number of aromatic nitrogens is 2. The number of aryl methyl sites for hydroxylation is 1. The normalized spacial score (nSPS) is 17.9. The first kappa shape index (κ1) is 17.7. The number of nitrogen functional groups attached to an aromatic ring is 1. The number of fused-ring (bicyclic) bond motifs is 3. The van der Waals surface area contributed by atoms with Gasteiger partial charge in [0.05, 0.1) is 11.1 Å². The molecule has 0 bridgehead atoms. The second-order valence-corrected chi connectivity index (χ2v) is 9.59. The van der Waals surface area contributed by atoms with Gasteiger partial charge in [0.15, 0.2) is 5.16 Å². The first-order valence-corrected chi connectivity index (χ1v) is 10.3. The van der Waals surface area contributed by atoms with E-state index in [1.54, 1.807) is 11.3 Å². The van der Waals surface area contributed by atoms with Crippen molar-refractivity contribution < 1.29 is 4.79 Å². The number of hydrogen-bond donors (Lipinski definition) is 1. The molecule has 1 unspecified atom stereocenters. The molecule has 1 aliphatic carbocycles. The summed E-state index contributed by atoms with van der Waals surface area (Å²) in [6.45, 7) is 8.84. The maximum absolute atomic E-state index is 11.5. The molecule has 0 saturated heterocycles. The second kappa shape index (κ2) is 6.64. The number of anilines is 1. The van der Waals surface area contributed by atoms with Crippen LogP contribution in [-0.2, 0) is 17.6 Å². The molecule has 0 aromatic carbocycles. The van der Waals surface area contributed by atoms with Crippen LogP contribution in [0.25, 0.3) is 10.2 Å². The van der Waals surface area contributed by atoms with E-state index >= 15 is 0 Å². The number of hydrogen-bond acceptors (Lipinski definition) is 6. The summed E-state index contributed by atoms with van der Waals surface area (Å²) in [5.74, 6) is 1.89. The third kappa shape index (κ3) is 3.45. The molecule has 2 heterocycles. The Kier molecular flexibility index (Phi) is 4.89. The van der Waals surface area contributed by atoms with Crippen molar-refractivity contribution in [3.05, 3.63) is 10.4 Å². The van der Waals surface area contributed by atoms with E-state index in [9.17, 15) is 4.79 Å². The summed E-state index contributed by atoms with van der Waals surface area (Å²) in [7, 11) is 0. The predicted molar refractivity (Wildman–Crippen MR) is 103 cm³/mol. The van der Waals surface area contributed by atoms with Crippen LogP contribution in [0, 0.1) is 11.3 Å². The molecule has 3 rings (SSSR count). The summed E-state index contributed by atoms with van der Waals surface area (Å²) in [4.78, 5) is 23.0. The van der Waals surface area contributed by atoms with Crippen molar-refractivity contribution in [1.29, 1.82) is 0 Å². The van der Waals surface area contributed by atoms with Crippen molar-refractivity contribution in [3.63, 3.8) is 0 Å². The quantitative estimate of drug-likeness (QED) is 0.640. The van der Waals surface area contributed by atoms with E-state index in [0.29, 0.717) is 34.5 Å². The molecule has 0 radical (unpaired) electrons. The van der Waals surface area contributed by atoms with Crippen LogP contribution < -0.4 is 5.73 Å². The van der Waals surface area contributed by atoms with Gasteiger partial charge >= 0.3 is 0 Å². The largest absolute Gasteiger partial charge is 0.383 e. The molecule has 1 aliphatic rings. The van der Waals surface area contributed by atoms with Gasteiger partial charge in [-0.15, -0.1) is 11.3 Å². The number of thioether (sulfide) groups is 1. The summed E-state index contributed by atoms with van der Waals surface area (Å²) >= 11 is 3.15. The Morgan fingerprint density at radius 1 is 1.38 bits per heavy atom. The first-order valence-electron chi connectivity index (χ1n) is 8.51. The van der Waals surface area contributed by atoms with Gasteiger partial charge < -0.3 is 5.73 Å².